The predicted octanol–water partition coefficient (Wildman–Crippen LogP) is 2.47. The van der Waals surface area contributed by atoms with Gasteiger partial charge in [0.1, 0.15) is 5.82 Å². The molecule has 1 atom stereocenters. The summed E-state index contributed by atoms with van der Waals surface area (Å²) >= 11 is 5.69. The molecule has 1 amide bonds. The summed E-state index contributed by atoms with van der Waals surface area (Å²) in [6.07, 6.45) is 0.433. The molecule has 1 rings (SSSR count). The second-order valence-corrected chi connectivity index (χ2v) is 4.53. The number of carbonyl (C=O) groups excluding carboxylic acids is 1. The van der Waals surface area contributed by atoms with E-state index in [4.69, 9.17) is 11.6 Å². The van der Waals surface area contributed by atoms with Crippen molar-refractivity contribution in [3.63, 3.8) is 0 Å². The average molecular weight is 274 g/mol. The second kappa shape index (κ2) is 5.82. The van der Waals surface area contributed by atoms with Crippen molar-refractivity contribution in [2.75, 3.05) is 0 Å². The first-order chi connectivity index (χ1) is 8.36. The molecule has 0 saturated carbocycles. The van der Waals surface area contributed by atoms with Gasteiger partial charge < -0.3 is 10.0 Å². The fourth-order valence-electron chi connectivity index (χ4n) is 1.66. The number of amides is 1. The molecule has 0 bridgehead atoms. The van der Waals surface area contributed by atoms with Crippen LogP contribution in [0.25, 0.3) is 0 Å². The van der Waals surface area contributed by atoms with E-state index in [-0.39, 0.29) is 16.6 Å². The summed E-state index contributed by atoms with van der Waals surface area (Å²) in [5, 5.41) is 9.28. The highest BCUT2D eigenvalue weighted by atomic mass is 35.5. The molecule has 0 radical (unpaired) electrons. The lowest BCUT2D eigenvalue weighted by Gasteiger charge is -2.28. The third-order valence-corrected chi connectivity index (χ3v) is 2.67. The Hall–Kier alpha value is -1.62. The fraction of sp³-hybridized carbons (Fsp3) is 0.333. The molecule has 0 aliphatic rings. The van der Waals surface area contributed by atoms with E-state index in [0.29, 0.717) is 6.41 Å². The molecule has 1 aromatic carbocycles. The molecule has 0 spiro atoms. The first kappa shape index (κ1) is 14.4. The van der Waals surface area contributed by atoms with Gasteiger partial charge in [0.15, 0.2) is 6.04 Å². The molecule has 18 heavy (non-hydrogen) atoms. The van der Waals surface area contributed by atoms with Crippen molar-refractivity contribution in [3.05, 3.63) is 34.6 Å². The summed E-state index contributed by atoms with van der Waals surface area (Å²) in [7, 11) is 0. The van der Waals surface area contributed by atoms with E-state index in [1.54, 1.807) is 13.8 Å². The lowest BCUT2D eigenvalue weighted by Crippen LogP contribution is -2.38. The first-order valence-corrected chi connectivity index (χ1v) is 5.66. The number of carbonyl (C=O) groups is 2. The van der Waals surface area contributed by atoms with E-state index in [0.717, 1.165) is 17.0 Å². The van der Waals surface area contributed by atoms with Gasteiger partial charge in [0.25, 0.3) is 0 Å². The number of carboxylic acid groups (broad SMARTS) is 1. The number of carboxylic acids is 1. The molecule has 1 N–H and O–H groups in total. The second-order valence-electron chi connectivity index (χ2n) is 4.09. The van der Waals surface area contributed by atoms with E-state index in [1.165, 1.54) is 6.07 Å². The Kier molecular flexibility index (Phi) is 4.67. The van der Waals surface area contributed by atoms with Crippen molar-refractivity contribution >= 4 is 24.0 Å². The Labute approximate surface area is 109 Å². The van der Waals surface area contributed by atoms with Crippen LogP contribution in [0.3, 0.4) is 0 Å². The van der Waals surface area contributed by atoms with Crippen LogP contribution in [0.4, 0.5) is 4.39 Å². The largest absolute Gasteiger partial charge is 0.479 e. The van der Waals surface area contributed by atoms with Crippen LogP contribution >= 0.6 is 11.6 Å². The lowest BCUT2D eigenvalue weighted by molar-refractivity contribution is -0.148. The minimum absolute atomic E-state index is 0.0888. The maximum absolute atomic E-state index is 13.2. The van der Waals surface area contributed by atoms with E-state index >= 15 is 0 Å². The normalized spacial score (nSPS) is 12.3. The third-order valence-electron chi connectivity index (χ3n) is 2.45. The quantitative estimate of drug-likeness (QED) is 0.839. The van der Waals surface area contributed by atoms with Crippen molar-refractivity contribution in [3.8, 4) is 0 Å². The SMILES string of the molecule is CC(C)N(C=O)C(C(=O)O)c1cc(F)cc(Cl)c1. The standard InChI is InChI=1S/C12H13ClFNO3/c1-7(2)15(6-16)11(12(17)18)8-3-9(13)5-10(14)4-8/h3-7,11H,1-2H3,(H,17,18). The number of hydrogen-bond donors (Lipinski definition) is 1. The summed E-state index contributed by atoms with van der Waals surface area (Å²) in [4.78, 5) is 23.3. The highest BCUT2D eigenvalue weighted by Gasteiger charge is 2.29. The molecular formula is C12H13ClFNO3. The number of aliphatic carboxylic acids is 1. The van der Waals surface area contributed by atoms with Crippen LogP contribution in [0.15, 0.2) is 18.2 Å². The first-order valence-electron chi connectivity index (χ1n) is 5.28. The molecule has 4 nitrogen and oxygen atoms in total. The van der Waals surface area contributed by atoms with Crippen LogP contribution in [0.2, 0.25) is 5.02 Å². The molecule has 98 valence electrons. The Morgan fingerprint density at radius 3 is 2.44 bits per heavy atom. The molecule has 1 unspecified atom stereocenters. The molecule has 0 saturated heterocycles. The molecule has 0 aliphatic carbocycles. The Morgan fingerprint density at radius 1 is 1.44 bits per heavy atom. The maximum atomic E-state index is 13.2. The van der Waals surface area contributed by atoms with Crippen molar-refractivity contribution in [1.82, 2.24) is 4.90 Å². The number of halogens is 2. The van der Waals surface area contributed by atoms with Crippen molar-refractivity contribution in [1.29, 1.82) is 0 Å². The topological polar surface area (TPSA) is 57.6 Å². The minimum Gasteiger partial charge on any atom is -0.479 e. The van der Waals surface area contributed by atoms with Crippen LogP contribution in [0.1, 0.15) is 25.5 Å². The van der Waals surface area contributed by atoms with Gasteiger partial charge in [-0.1, -0.05) is 11.6 Å². The van der Waals surface area contributed by atoms with Gasteiger partial charge in [-0.15, -0.1) is 0 Å². The van der Waals surface area contributed by atoms with Crippen molar-refractivity contribution in [2.45, 2.75) is 25.9 Å². The lowest BCUT2D eigenvalue weighted by atomic mass is 10.0. The van der Waals surface area contributed by atoms with Gasteiger partial charge in [0.2, 0.25) is 6.41 Å². The van der Waals surface area contributed by atoms with Gasteiger partial charge in [-0.25, -0.2) is 9.18 Å². The number of nitrogens with zero attached hydrogens (tertiary/aromatic N) is 1. The molecular weight excluding hydrogens is 261 g/mol. The monoisotopic (exact) mass is 273 g/mol. The van der Waals surface area contributed by atoms with E-state index in [1.807, 2.05) is 0 Å². The van der Waals surface area contributed by atoms with Gasteiger partial charge in [-0.3, -0.25) is 4.79 Å². The summed E-state index contributed by atoms with van der Waals surface area (Å²) < 4.78 is 13.2. The van der Waals surface area contributed by atoms with Crippen molar-refractivity contribution in [2.24, 2.45) is 0 Å². The zero-order valence-corrected chi connectivity index (χ0v) is 10.7. The molecule has 0 fully saturated rings. The molecule has 6 heteroatoms. The molecule has 1 aromatic rings. The zero-order valence-electron chi connectivity index (χ0n) is 9.93. The number of hydrogen-bond acceptors (Lipinski definition) is 2. The molecule has 0 heterocycles. The van der Waals surface area contributed by atoms with Crippen LogP contribution in [0.5, 0.6) is 0 Å². The summed E-state index contributed by atoms with van der Waals surface area (Å²) in [5.74, 6) is -1.88. The smallest absolute Gasteiger partial charge is 0.331 e. The Bertz CT molecular complexity index is 444. The summed E-state index contributed by atoms with van der Waals surface area (Å²) in [6, 6.07) is 1.89. The zero-order chi connectivity index (χ0) is 13.9. The Balaban J connectivity index is 3.27. The van der Waals surface area contributed by atoms with Crippen LogP contribution in [0, 0.1) is 5.82 Å². The van der Waals surface area contributed by atoms with Gasteiger partial charge in [0, 0.05) is 11.1 Å². The number of benzene rings is 1. The van der Waals surface area contributed by atoms with Crippen LogP contribution < -0.4 is 0 Å². The van der Waals surface area contributed by atoms with Crippen LogP contribution in [-0.2, 0) is 9.59 Å². The van der Waals surface area contributed by atoms with Gasteiger partial charge in [-0.05, 0) is 37.6 Å². The highest BCUT2D eigenvalue weighted by Crippen LogP contribution is 2.25. The fourth-order valence-corrected chi connectivity index (χ4v) is 1.89. The number of rotatable bonds is 5. The van der Waals surface area contributed by atoms with E-state index < -0.39 is 17.8 Å². The molecule has 0 aliphatic heterocycles. The Morgan fingerprint density at radius 2 is 2.06 bits per heavy atom. The van der Waals surface area contributed by atoms with E-state index in [2.05, 4.69) is 0 Å². The average Bonchev–Trinajstić information content (AvgIpc) is 2.22. The highest BCUT2D eigenvalue weighted by molar-refractivity contribution is 6.30. The third kappa shape index (κ3) is 3.20. The summed E-state index contributed by atoms with van der Waals surface area (Å²) in [6.45, 7) is 3.34. The van der Waals surface area contributed by atoms with Gasteiger partial charge >= 0.3 is 5.97 Å². The van der Waals surface area contributed by atoms with Crippen LogP contribution in [-0.4, -0.2) is 28.4 Å². The maximum Gasteiger partial charge on any atom is 0.331 e. The van der Waals surface area contributed by atoms with Gasteiger partial charge in [-0.2, -0.15) is 0 Å². The summed E-state index contributed by atoms with van der Waals surface area (Å²) in [5.41, 5.74) is 0.133. The molecule has 0 aromatic heterocycles. The van der Waals surface area contributed by atoms with E-state index in [9.17, 15) is 19.1 Å². The predicted molar refractivity (Wildman–Crippen MR) is 64.8 cm³/mol. The van der Waals surface area contributed by atoms with Crippen molar-refractivity contribution < 1.29 is 19.1 Å². The minimum atomic E-state index is -1.25. The van der Waals surface area contributed by atoms with Gasteiger partial charge in [0.05, 0.1) is 0 Å².